The Morgan fingerprint density at radius 1 is 1.07 bits per heavy atom. The smallest absolute Gasteiger partial charge is 0.326 e. The van der Waals surface area contributed by atoms with Gasteiger partial charge in [-0.05, 0) is 34.4 Å². The van der Waals surface area contributed by atoms with Crippen molar-refractivity contribution in [3.8, 4) is 5.75 Å². The number of carboxylic acid groups (broad SMARTS) is 1. The van der Waals surface area contributed by atoms with E-state index in [0.717, 1.165) is 16.7 Å². The van der Waals surface area contributed by atoms with E-state index < -0.39 is 59.6 Å². The molecule has 2 N–H and O–H groups in total. The lowest BCUT2D eigenvalue weighted by molar-refractivity contribution is -0.154. The highest BCUT2D eigenvalue weighted by molar-refractivity contribution is 5.87. The highest BCUT2D eigenvalue weighted by Crippen LogP contribution is 2.50. The Balaban J connectivity index is 1.81. The summed E-state index contributed by atoms with van der Waals surface area (Å²) in [5.41, 5.74) is 2.22. The van der Waals surface area contributed by atoms with E-state index in [-0.39, 0.29) is 18.3 Å². The fourth-order valence-electron chi connectivity index (χ4n) is 6.71. The second-order valence-corrected chi connectivity index (χ2v) is 13.8. The average Bonchev–Trinajstić information content (AvgIpc) is 3.44. The van der Waals surface area contributed by atoms with Gasteiger partial charge in [0.1, 0.15) is 11.8 Å². The number of halogens is 2. The molecule has 1 amide bonds. The van der Waals surface area contributed by atoms with Crippen LogP contribution in [0.25, 0.3) is 0 Å². The van der Waals surface area contributed by atoms with E-state index in [4.69, 9.17) is 4.74 Å². The lowest BCUT2D eigenvalue weighted by Gasteiger charge is -2.35. The molecule has 2 aromatic rings. The SMILES string of the molecule is COc1ccc(C(C)(C)C)cc1CN[C@H]1[C@H](C(C)(C)C)[C@@H](C(=O)O)N(C(=O)C2CCC(F)(F)C2)[C@H]1c1ccccc1. The molecule has 2 aliphatic rings. The van der Waals surface area contributed by atoms with Crippen molar-refractivity contribution in [3.05, 3.63) is 65.2 Å². The largest absolute Gasteiger partial charge is 0.496 e. The molecule has 8 heteroatoms. The number of likely N-dealkylation sites (tertiary alicyclic amines) is 1. The van der Waals surface area contributed by atoms with Crippen LogP contribution in [-0.2, 0) is 21.5 Å². The monoisotopic (exact) mass is 570 g/mol. The van der Waals surface area contributed by atoms with Crippen LogP contribution in [0.3, 0.4) is 0 Å². The zero-order valence-corrected chi connectivity index (χ0v) is 25.2. The number of nitrogens with zero attached hydrogens (tertiary/aromatic N) is 1. The predicted octanol–water partition coefficient (Wildman–Crippen LogP) is 6.59. The van der Waals surface area contributed by atoms with Crippen LogP contribution in [0.4, 0.5) is 8.78 Å². The minimum Gasteiger partial charge on any atom is -0.496 e. The van der Waals surface area contributed by atoms with Crippen molar-refractivity contribution in [1.29, 1.82) is 0 Å². The van der Waals surface area contributed by atoms with Crippen LogP contribution in [0.5, 0.6) is 5.75 Å². The Hall–Kier alpha value is -3.00. The fourth-order valence-corrected chi connectivity index (χ4v) is 6.71. The van der Waals surface area contributed by atoms with Crippen molar-refractivity contribution in [1.82, 2.24) is 10.2 Å². The van der Waals surface area contributed by atoms with E-state index in [9.17, 15) is 23.5 Å². The van der Waals surface area contributed by atoms with Crippen molar-refractivity contribution in [2.45, 2.75) is 96.8 Å². The molecular formula is C33H44F2N2O4. The zero-order valence-electron chi connectivity index (χ0n) is 25.2. The first-order chi connectivity index (χ1) is 19.0. The number of rotatable bonds is 7. The van der Waals surface area contributed by atoms with Crippen molar-refractivity contribution in [2.24, 2.45) is 17.3 Å². The van der Waals surface area contributed by atoms with Gasteiger partial charge in [0, 0.05) is 42.8 Å². The third kappa shape index (κ3) is 6.42. The van der Waals surface area contributed by atoms with Gasteiger partial charge in [-0.15, -0.1) is 0 Å². The first kappa shape index (κ1) is 30.9. The van der Waals surface area contributed by atoms with E-state index >= 15 is 0 Å². The highest BCUT2D eigenvalue weighted by atomic mass is 19.3. The summed E-state index contributed by atoms with van der Waals surface area (Å²) in [6.07, 6.45) is -0.865. The lowest BCUT2D eigenvalue weighted by atomic mass is 9.72. The topological polar surface area (TPSA) is 78.9 Å². The van der Waals surface area contributed by atoms with Gasteiger partial charge < -0.3 is 20.1 Å². The van der Waals surface area contributed by atoms with Gasteiger partial charge in [-0.1, -0.05) is 84.0 Å². The van der Waals surface area contributed by atoms with E-state index in [2.05, 4.69) is 32.2 Å². The van der Waals surface area contributed by atoms with Gasteiger partial charge in [-0.3, -0.25) is 4.79 Å². The summed E-state index contributed by atoms with van der Waals surface area (Å²) in [5, 5.41) is 14.2. The molecule has 0 aromatic heterocycles. The first-order valence-electron chi connectivity index (χ1n) is 14.4. The third-order valence-electron chi connectivity index (χ3n) is 8.74. The molecule has 1 aliphatic carbocycles. The maximum absolute atomic E-state index is 14.2. The number of hydrogen-bond acceptors (Lipinski definition) is 4. The van der Waals surface area contributed by atoms with Crippen molar-refractivity contribution < 1.29 is 28.2 Å². The number of benzene rings is 2. The number of alkyl halides is 2. The molecule has 1 saturated heterocycles. The molecule has 2 aromatic carbocycles. The molecule has 1 heterocycles. The molecule has 1 aliphatic heterocycles. The average molecular weight is 571 g/mol. The fraction of sp³-hybridized carbons (Fsp3) is 0.576. The quantitative estimate of drug-likeness (QED) is 0.393. The Labute approximate surface area is 242 Å². The van der Waals surface area contributed by atoms with Gasteiger partial charge in [-0.2, -0.15) is 0 Å². The second kappa shape index (κ2) is 11.3. The summed E-state index contributed by atoms with van der Waals surface area (Å²) >= 11 is 0. The molecule has 2 fully saturated rings. The van der Waals surface area contributed by atoms with Crippen LogP contribution in [-0.4, -0.2) is 47.0 Å². The number of ether oxygens (including phenoxy) is 1. The zero-order chi connectivity index (χ0) is 30.3. The maximum atomic E-state index is 14.2. The maximum Gasteiger partial charge on any atom is 0.326 e. The summed E-state index contributed by atoms with van der Waals surface area (Å²) in [6, 6.07) is 13.1. The number of carbonyl (C=O) groups excluding carboxylic acids is 1. The van der Waals surface area contributed by atoms with Crippen LogP contribution in [0, 0.1) is 17.3 Å². The Morgan fingerprint density at radius 3 is 2.24 bits per heavy atom. The summed E-state index contributed by atoms with van der Waals surface area (Å²) in [7, 11) is 1.62. The van der Waals surface area contributed by atoms with E-state index in [1.165, 1.54) is 4.90 Å². The molecule has 5 atom stereocenters. The number of hydrogen-bond donors (Lipinski definition) is 2. The molecule has 4 rings (SSSR count). The van der Waals surface area contributed by atoms with Crippen LogP contribution in [0.15, 0.2) is 48.5 Å². The summed E-state index contributed by atoms with van der Waals surface area (Å²) < 4.78 is 34.2. The summed E-state index contributed by atoms with van der Waals surface area (Å²) in [5.74, 6) is -5.26. The summed E-state index contributed by atoms with van der Waals surface area (Å²) in [6.45, 7) is 12.7. The first-order valence-corrected chi connectivity index (χ1v) is 14.4. The molecule has 0 spiro atoms. The van der Waals surface area contributed by atoms with Gasteiger partial charge in [-0.25, -0.2) is 13.6 Å². The molecule has 41 heavy (non-hydrogen) atoms. The molecule has 224 valence electrons. The normalized spacial score (nSPS) is 26.3. The van der Waals surface area contributed by atoms with Gasteiger partial charge >= 0.3 is 5.97 Å². The highest BCUT2D eigenvalue weighted by Gasteiger charge is 2.59. The van der Waals surface area contributed by atoms with E-state index in [1.807, 2.05) is 63.2 Å². The van der Waals surface area contributed by atoms with Gasteiger partial charge in [0.05, 0.1) is 13.2 Å². The second-order valence-electron chi connectivity index (χ2n) is 13.8. The third-order valence-corrected chi connectivity index (χ3v) is 8.74. The number of carbonyl (C=O) groups is 2. The van der Waals surface area contributed by atoms with Crippen LogP contribution >= 0.6 is 0 Å². The number of carboxylic acids is 1. The lowest BCUT2D eigenvalue weighted by Crippen LogP contribution is -2.49. The molecule has 6 nitrogen and oxygen atoms in total. The number of nitrogens with one attached hydrogen (secondary N) is 1. The molecule has 1 saturated carbocycles. The van der Waals surface area contributed by atoms with Crippen LogP contribution < -0.4 is 10.1 Å². The molecule has 0 radical (unpaired) electrons. The number of amides is 1. The predicted molar refractivity (Wildman–Crippen MR) is 155 cm³/mol. The number of methoxy groups -OCH3 is 1. The molecule has 0 bridgehead atoms. The van der Waals surface area contributed by atoms with Gasteiger partial charge in [0.2, 0.25) is 11.8 Å². The standard InChI is InChI=1S/C33H44F2N2O4/c1-31(2,3)23-13-14-24(41-7)22(17-23)19-36-26-25(32(4,5)6)28(30(39)40)37(27(26)20-11-9-8-10-12-20)29(38)21-15-16-33(34,35)18-21/h8-14,17,21,25-28,36H,15-16,18-19H2,1-7H3,(H,39,40)/t21?,25-,26-,27-,28-/m0/s1. The van der Waals surface area contributed by atoms with E-state index in [0.29, 0.717) is 12.3 Å². The molecule has 1 unspecified atom stereocenters. The number of aliphatic carboxylic acids is 1. The van der Waals surface area contributed by atoms with Crippen LogP contribution in [0.2, 0.25) is 0 Å². The Bertz CT molecular complexity index is 1250. The molecular weight excluding hydrogens is 526 g/mol. The van der Waals surface area contributed by atoms with Gasteiger partial charge in [0.25, 0.3) is 0 Å². The minimum atomic E-state index is -2.92. The minimum absolute atomic E-state index is 0.0469. The Morgan fingerprint density at radius 2 is 1.73 bits per heavy atom. The van der Waals surface area contributed by atoms with Crippen molar-refractivity contribution >= 4 is 11.9 Å². The Kier molecular flexibility index (Phi) is 8.57. The van der Waals surface area contributed by atoms with Crippen molar-refractivity contribution in [2.75, 3.05) is 7.11 Å². The van der Waals surface area contributed by atoms with Crippen LogP contribution in [0.1, 0.15) is 83.5 Å². The van der Waals surface area contributed by atoms with Crippen molar-refractivity contribution in [3.63, 3.8) is 0 Å². The van der Waals surface area contributed by atoms with Gasteiger partial charge in [0.15, 0.2) is 0 Å². The van der Waals surface area contributed by atoms with E-state index in [1.54, 1.807) is 7.11 Å². The summed E-state index contributed by atoms with van der Waals surface area (Å²) in [4.78, 5) is 28.5.